The van der Waals surface area contributed by atoms with Crippen molar-refractivity contribution in [2.45, 2.75) is 39.0 Å². The minimum atomic E-state index is -0.575. The molecule has 0 bridgehead atoms. The highest BCUT2D eigenvalue weighted by molar-refractivity contribution is 5.92. The summed E-state index contributed by atoms with van der Waals surface area (Å²) >= 11 is 0. The highest BCUT2D eigenvalue weighted by atomic mass is 19.1. The number of benzene rings is 1. The van der Waals surface area contributed by atoms with Crippen LogP contribution in [0.2, 0.25) is 0 Å². The lowest BCUT2D eigenvalue weighted by Gasteiger charge is -2.04. The van der Waals surface area contributed by atoms with E-state index in [1.54, 1.807) is 6.07 Å². The first-order chi connectivity index (χ1) is 7.63. The summed E-state index contributed by atoms with van der Waals surface area (Å²) in [6, 6.07) is 4.33. The number of amides is 1. The van der Waals surface area contributed by atoms with E-state index in [2.05, 4.69) is 6.92 Å². The summed E-state index contributed by atoms with van der Waals surface area (Å²) in [6.45, 7) is 2.15. The maximum atomic E-state index is 13.2. The molecule has 0 atom stereocenters. The molecule has 3 heteroatoms. The number of carbonyl (C=O) groups is 1. The minimum absolute atomic E-state index is 0.255. The highest BCUT2D eigenvalue weighted by Crippen LogP contribution is 2.12. The van der Waals surface area contributed by atoms with Gasteiger partial charge in [-0.1, -0.05) is 26.2 Å². The Labute approximate surface area is 95.7 Å². The molecule has 88 valence electrons. The van der Waals surface area contributed by atoms with Crippen LogP contribution in [0.3, 0.4) is 0 Å². The van der Waals surface area contributed by atoms with Gasteiger partial charge in [-0.25, -0.2) is 4.39 Å². The van der Waals surface area contributed by atoms with Crippen LogP contribution in [0.15, 0.2) is 18.2 Å². The number of carbonyl (C=O) groups excluding carboxylic acids is 1. The molecule has 1 amide bonds. The topological polar surface area (TPSA) is 43.1 Å². The quantitative estimate of drug-likeness (QED) is 0.740. The predicted molar refractivity (Wildman–Crippen MR) is 62.8 cm³/mol. The van der Waals surface area contributed by atoms with E-state index < -0.39 is 5.91 Å². The predicted octanol–water partition coefficient (Wildman–Crippen LogP) is 3.05. The Morgan fingerprint density at radius 1 is 1.25 bits per heavy atom. The summed E-state index contributed by atoms with van der Waals surface area (Å²) in [4.78, 5) is 10.9. The van der Waals surface area contributed by atoms with E-state index in [0.29, 0.717) is 0 Å². The molecular formula is C13H18FNO. The third-order valence-electron chi connectivity index (χ3n) is 2.56. The second-order valence-electron chi connectivity index (χ2n) is 4.02. The number of primary amides is 1. The zero-order valence-corrected chi connectivity index (χ0v) is 9.63. The summed E-state index contributed by atoms with van der Waals surface area (Å²) in [5.74, 6) is -0.962. The van der Waals surface area contributed by atoms with E-state index in [1.807, 2.05) is 0 Å². The molecule has 0 fully saturated rings. The monoisotopic (exact) mass is 223 g/mol. The molecule has 0 aromatic heterocycles. The molecular weight excluding hydrogens is 205 g/mol. The van der Waals surface area contributed by atoms with Gasteiger partial charge in [-0.3, -0.25) is 4.79 Å². The third kappa shape index (κ3) is 4.01. The molecule has 16 heavy (non-hydrogen) atoms. The molecule has 0 aliphatic carbocycles. The number of aryl methyl sites for hydroxylation is 1. The Bertz CT molecular complexity index is 363. The Morgan fingerprint density at radius 3 is 2.62 bits per heavy atom. The van der Waals surface area contributed by atoms with Gasteiger partial charge in [0.05, 0.1) is 0 Å². The second kappa shape index (κ2) is 6.26. The van der Waals surface area contributed by atoms with Gasteiger partial charge < -0.3 is 5.73 Å². The zero-order valence-electron chi connectivity index (χ0n) is 9.63. The smallest absolute Gasteiger partial charge is 0.248 e. The lowest BCUT2D eigenvalue weighted by Crippen LogP contribution is -2.11. The maximum absolute atomic E-state index is 13.2. The van der Waals surface area contributed by atoms with E-state index in [9.17, 15) is 9.18 Å². The molecule has 0 radical (unpaired) electrons. The number of hydrogen-bond acceptors (Lipinski definition) is 1. The summed E-state index contributed by atoms with van der Waals surface area (Å²) in [5.41, 5.74) is 6.23. The van der Waals surface area contributed by atoms with Crippen LogP contribution in [0, 0.1) is 5.82 Å². The fraction of sp³-hybridized carbons (Fsp3) is 0.462. The highest BCUT2D eigenvalue weighted by Gasteiger charge is 2.05. The van der Waals surface area contributed by atoms with Crippen molar-refractivity contribution < 1.29 is 9.18 Å². The maximum Gasteiger partial charge on any atom is 0.248 e. The SMILES string of the molecule is CCCCCCc1cc(F)cc(C(N)=O)c1. The lowest BCUT2D eigenvalue weighted by atomic mass is 10.0. The molecule has 0 saturated carbocycles. The summed E-state index contributed by atoms with van der Waals surface area (Å²) in [6.07, 6.45) is 5.33. The molecule has 0 unspecified atom stereocenters. The fourth-order valence-electron chi connectivity index (χ4n) is 1.69. The average molecular weight is 223 g/mol. The van der Waals surface area contributed by atoms with Gasteiger partial charge >= 0.3 is 0 Å². The molecule has 2 N–H and O–H groups in total. The number of unbranched alkanes of at least 4 members (excludes halogenated alkanes) is 3. The first kappa shape index (κ1) is 12.7. The Hall–Kier alpha value is -1.38. The summed E-state index contributed by atoms with van der Waals surface area (Å²) in [7, 11) is 0. The van der Waals surface area contributed by atoms with Gasteiger partial charge in [-0.05, 0) is 36.6 Å². The van der Waals surface area contributed by atoms with Crippen LogP contribution >= 0.6 is 0 Å². The largest absolute Gasteiger partial charge is 0.366 e. The van der Waals surface area contributed by atoms with Gasteiger partial charge in [0.2, 0.25) is 5.91 Å². The van der Waals surface area contributed by atoms with E-state index in [4.69, 9.17) is 5.73 Å². The van der Waals surface area contributed by atoms with Crippen molar-refractivity contribution in [2.75, 3.05) is 0 Å². The lowest BCUT2D eigenvalue weighted by molar-refractivity contribution is 0.0999. The first-order valence-corrected chi connectivity index (χ1v) is 5.72. The Balaban J connectivity index is 2.62. The zero-order chi connectivity index (χ0) is 12.0. The van der Waals surface area contributed by atoms with Gasteiger partial charge in [-0.15, -0.1) is 0 Å². The third-order valence-corrected chi connectivity index (χ3v) is 2.56. The van der Waals surface area contributed by atoms with Crippen LogP contribution in [-0.2, 0) is 6.42 Å². The number of hydrogen-bond donors (Lipinski definition) is 1. The van der Waals surface area contributed by atoms with Crippen molar-refractivity contribution in [2.24, 2.45) is 5.73 Å². The van der Waals surface area contributed by atoms with Crippen LogP contribution in [0.25, 0.3) is 0 Å². The van der Waals surface area contributed by atoms with Crippen molar-refractivity contribution in [1.82, 2.24) is 0 Å². The van der Waals surface area contributed by atoms with Crippen molar-refractivity contribution in [3.05, 3.63) is 35.1 Å². The summed E-state index contributed by atoms with van der Waals surface area (Å²) in [5, 5.41) is 0. The van der Waals surface area contributed by atoms with Gasteiger partial charge in [0, 0.05) is 5.56 Å². The first-order valence-electron chi connectivity index (χ1n) is 5.72. The van der Waals surface area contributed by atoms with Crippen LogP contribution in [0.1, 0.15) is 48.5 Å². The van der Waals surface area contributed by atoms with Gasteiger partial charge in [0.15, 0.2) is 0 Å². The molecule has 1 aromatic rings. The molecule has 0 aliphatic rings. The number of halogens is 1. The normalized spacial score (nSPS) is 10.4. The van der Waals surface area contributed by atoms with Crippen LogP contribution in [0.5, 0.6) is 0 Å². The van der Waals surface area contributed by atoms with Crippen LogP contribution in [-0.4, -0.2) is 5.91 Å². The van der Waals surface area contributed by atoms with E-state index in [1.165, 1.54) is 25.0 Å². The molecule has 2 nitrogen and oxygen atoms in total. The van der Waals surface area contributed by atoms with Crippen molar-refractivity contribution in [1.29, 1.82) is 0 Å². The fourth-order valence-corrected chi connectivity index (χ4v) is 1.69. The van der Waals surface area contributed by atoms with Gasteiger partial charge in [0.1, 0.15) is 5.82 Å². The van der Waals surface area contributed by atoms with E-state index >= 15 is 0 Å². The number of rotatable bonds is 6. The standard InChI is InChI=1S/C13H18FNO/c1-2-3-4-5-6-10-7-11(13(15)16)9-12(14)8-10/h7-9H,2-6H2,1H3,(H2,15,16). The van der Waals surface area contributed by atoms with Gasteiger partial charge in [-0.2, -0.15) is 0 Å². The van der Waals surface area contributed by atoms with Crippen LogP contribution < -0.4 is 5.73 Å². The molecule has 1 aromatic carbocycles. The van der Waals surface area contributed by atoms with Gasteiger partial charge in [0.25, 0.3) is 0 Å². The Morgan fingerprint density at radius 2 is 2.00 bits per heavy atom. The average Bonchev–Trinajstić information content (AvgIpc) is 2.23. The Kier molecular flexibility index (Phi) is 4.96. The van der Waals surface area contributed by atoms with Crippen molar-refractivity contribution >= 4 is 5.91 Å². The molecule has 1 rings (SSSR count). The minimum Gasteiger partial charge on any atom is -0.366 e. The van der Waals surface area contributed by atoms with Crippen LogP contribution in [0.4, 0.5) is 4.39 Å². The second-order valence-corrected chi connectivity index (χ2v) is 4.02. The summed E-state index contributed by atoms with van der Waals surface area (Å²) < 4.78 is 13.2. The van der Waals surface area contributed by atoms with Crippen molar-refractivity contribution in [3.63, 3.8) is 0 Å². The number of nitrogens with two attached hydrogens (primary N) is 1. The van der Waals surface area contributed by atoms with E-state index in [-0.39, 0.29) is 11.4 Å². The van der Waals surface area contributed by atoms with E-state index in [0.717, 1.165) is 24.8 Å². The molecule has 0 aliphatic heterocycles. The molecule has 0 heterocycles. The molecule has 0 saturated heterocycles. The van der Waals surface area contributed by atoms with Crippen molar-refractivity contribution in [3.8, 4) is 0 Å². The molecule has 0 spiro atoms.